The van der Waals surface area contributed by atoms with Crippen molar-refractivity contribution in [1.29, 1.82) is 0 Å². The summed E-state index contributed by atoms with van der Waals surface area (Å²) in [6.07, 6.45) is 0.897. The van der Waals surface area contributed by atoms with Gasteiger partial charge in [0.05, 0.1) is 23.9 Å². The quantitative estimate of drug-likeness (QED) is 0.890. The molecule has 1 aliphatic rings. The van der Waals surface area contributed by atoms with Crippen molar-refractivity contribution in [2.24, 2.45) is 0 Å². The van der Waals surface area contributed by atoms with Crippen molar-refractivity contribution in [2.45, 2.75) is 26.3 Å². The summed E-state index contributed by atoms with van der Waals surface area (Å²) in [7, 11) is 0. The van der Waals surface area contributed by atoms with E-state index in [9.17, 15) is 0 Å². The summed E-state index contributed by atoms with van der Waals surface area (Å²) in [4.78, 5) is 5.54. The van der Waals surface area contributed by atoms with Crippen LogP contribution in [0.4, 0.5) is 0 Å². The second-order valence-electron chi connectivity index (χ2n) is 5.08. The lowest BCUT2D eigenvalue weighted by atomic mass is 10.1. The molecule has 0 fully saturated rings. The Hall–Kier alpha value is -1.59. The van der Waals surface area contributed by atoms with Gasteiger partial charge in [-0.05, 0) is 25.6 Å². The highest BCUT2D eigenvalue weighted by atomic mass is 32.1. The number of aryl methyl sites for hydroxylation is 1. The van der Waals surface area contributed by atoms with Crippen LogP contribution in [-0.4, -0.2) is 24.7 Å². The van der Waals surface area contributed by atoms with Gasteiger partial charge in [-0.25, -0.2) is 4.98 Å². The number of likely N-dealkylation sites (N-methyl/N-ethyl adjacent to an activating group) is 1. The van der Waals surface area contributed by atoms with Gasteiger partial charge in [0.25, 0.3) is 0 Å². The second kappa shape index (κ2) is 6.45. The maximum absolute atomic E-state index is 5.83. The van der Waals surface area contributed by atoms with Crippen LogP contribution in [0.2, 0.25) is 0 Å². The zero-order valence-corrected chi connectivity index (χ0v) is 13.2. The van der Waals surface area contributed by atoms with Crippen molar-refractivity contribution < 1.29 is 9.47 Å². The van der Waals surface area contributed by atoms with E-state index in [0.717, 1.165) is 30.2 Å². The number of hydrogen-bond acceptors (Lipinski definition) is 5. The van der Waals surface area contributed by atoms with Crippen LogP contribution in [0.25, 0.3) is 0 Å². The molecule has 1 aromatic heterocycles. The fraction of sp³-hybridized carbons (Fsp3) is 0.438. The van der Waals surface area contributed by atoms with E-state index in [-0.39, 0.29) is 0 Å². The third kappa shape index (κ3) is 3.19. The van der Waals surface area contributed by atoms with Gasteiger partial charge < -0.3 is 14.8 Å². The molecule has 3 rings (SSSR count). The summed E-state index contributed by atoms with van der Waals surface area (Å²) in [5.41, 5.74) is 4.21. The first-order chi connectivity index (χ1) is 10.3. The second-order valence-corrected chi connectivity index (χ2v) is 6.02. The Kier molecular flexibility index (Phi) is 4.41. The van der Waals surface area contributed by atoms with E-state index < -0.39 is 0 Å². The van der Waals surface area contributed by atoms with Gasteiger partial charge in [-0.1, -0.05) is 6.92 Å². The van der Waals surface area contributed by atoms with Gasteiger partial charge in [-0.15, -0.1) is 11.3 Å². The smallest absolute Gasteiger partial charge is 0.127 e. The number of nitrogens with one attached hydrogen (secondary N) is 1. The first kappa shape index (κ1) is 14.4. The summed E-state index contributed by atoms with van der Waals surface area (Å²) in [6, 6.07) is 6.42. The number of fused-ring (bicyclic) bond motifs is 1. The summed E-state index contributed by atoms with van der Waals surface area (Å²) >= 11 is 1.69. The largest absolute Gasteiger partial charge is 0.493 e. The molecule has 1 unspecified atom stereocenters. The van der Waals surface area contributed by atoms with E-state index in [1.54, 1.807) is 11.3 Å². The molecule has 1 aromatic carbocycles. The summed E-state index contributed by atoms with van der Waals surface area (Å²) in [6.45, 7) is 6.46. The molecule has 112 valence electrons. The van der Waals surface area contributed by atoms with E-state index in [0.29, 0.717) is 19.3 Å². The molecule has 0 bridgehead atoms. The zero-order chi connectivity index (χ0) is 14.7. The van der Waals surface area contributed by atoms with Crippen LogP contribution in [0.3, 0.4) is 0 Å². The molecule has 2 heterocycles. The molecule has 1 atom stereocenters. The molecule has 0 spiro atoms. The SMILES string of the molecule is CCNC1COc2cc(OCCc3scnc3C)ccc21. The number of rotatable bonds is 6. The van der Waals surface area contributed by atoms with Crippen LogP contribution in [0.1, 0.15) is 29.1 Å². The Labute approximate surface area is 129 Å². The molecule has 0 saturated heterocycles. The van der Waals surface area contributed by atoms with Crippen LogP contribution >= 0.6 is 11.3 Å². The topological polar surface area (TPSA) is 43.4 Å². The monoisotopic (exact) mass is 304 g/mol. The minimum Gasteiger partial charge on any atom is -0.493 e. The molecule has 0 aliphatic carbocycles. The third-order valence-corrected chi connectivity index (χ3v) is 4.65. The molecule has 1 aliphatic heterocycles. The summed E-state index contributed by atoms with van der Waals surface area (Å²) in [5, 5.41) is 3.42. The first-order valence-corrected chi connectivity index (χ1v) is 8.17. The number of hydrogen-bond donors (Lipinski definition) is 1. The van der Waals surface area contributed by atoms with Gasteiger partial charge in [0.15, 0.2) is 0 Å². The summed E-state index contributed by atoms with van der Waals surface area (Å²) < 4.78 is 11.6. The fourth-order valence-corrected chi connectivity index (χ4v) is 3.29. The van der Waals surface area contributed by atoms with E-state index >= 15 is 0 Å². The molecule has 5 heteroatoms. The van der Waals surface area contributed by atoms with Crippen LogP contribution in [-0.2, 0) is 6.42 Å². The van der Waals surface area contributed by atoms with Crippen LogP contribution in [0, 0.1) is 6.92 Å². The van der Waals surface area contributed by atoms with Gasteiger partial charge in [-0.3, -0.25) is 0 Å². The van der Waals surface area contributed by atoms with Crippen LogP contribution < -0.4 is 14.8 Å². The Morgan fingerprint density at radius 1 is 1.48 bits per heavy atom. The number of thiazole rings is 1. The van der Waals surface area contributed by atoms with E-state index in [2.05, 4.69) is 23.3 Å². The lowest BCUT2D eigenvalue weighted by molar-refractivity contribution is 0.305. The number of benzene rings is 1. The number of ether oxygens (including phenoxy) is 2. The molecule has 2 aromatic rings. The van der Waals surface area contributed by atoms with Crippen molar-refractivity contribution in [1.82, 2.24) is 10.3 Å². The summed E-state index contributed by atoms with van der Waals surface area (Å²) in [5.74, 6) is 1.81. The van der Waals surface area contributed by atoms with Crippen molar-refractivity contribution in [3.8, 4) is 11.5 Å². The molecular weight excluding hydrogens is 284 g/mol. The third-order valence-electron chi connectivity index (χ3n) is 3.66. The van der Waals surface area contributed by atoms with Gasteiger partial charge in [0.2, 0.25) is 0 Å². The normalized spacial score (nSPS) is 16.6. The average molecular weight is 304 g/mol. The van der Waals surface area contributed by atoms with Crippen molar-refractivity contribution in [3.05, 3.63) is 39.8 Å². The van der Waals surface area contributed by atoms with Crippen molar-refractivity contribution in [3.63, 3.8) is 0 Å². The number of nitrogens with zero attached hydrogens (tertiary/aromatic N) is 1. The predicted octanol–water partition coefficient (Wildman–Crippen LogP) is 3.12. The van der Waals surface area contributed by atoms with Crippen molar-refractivity contribution >= 4 is 11.3 Å². The highest BCUT2D eigenvalue weighted by Gasteiger charge is 2.23. The molecule has 4 nitrogen and oxygen atoms in total. The van der Waals surface area contributed by atoms with Gasteiger partial charge in [0, 0.05) is 22.9 Å². The molecular formula is C16H20N2O2S. The van der Waals surface area contributed by atoms with Crippen LogP contribution in [0.5, 0.6) is 11.5 Å². The maximum atomic E-state index is 5.83. The van der Waals surface area contributed by atoms with Gasteiger partial charge in [0.1, 0.15) is 18.1 Å². The van der Waals surface area contributed by atoms with Crippen molar-refractivity contribution in [2.75, 3.05) is 19.8 Å². The Morgan fingerprint density at radius 3 is 3.14 bits per heavy atom. The molecule has 0 saturated carbocycles. The minimum absolute atomic E-state index is 0.305. The van der Waals surface area contributed by atoms with E-state index in [1.165, 1.54) is 10.4 Å². The Morgan fingerprint density at radius 2 is 2.38 bits per heavy atom. The van der Waals surface area contributed by atoms with E-state index in [4.69, 9.17) is 9.47 Å². The molecule has 0 amide bonds. The minimum atomic E-state index is 0.305. The molecule has 0 radical (unpaired) electrons. The molecule has 1 N–H and O–H groups in total. The average Bonchev–Trinajstić information content (AvgIpc) is 3.07. The molecule has 21 heavy (non-hydrogen) atoms. The number of aromatic nitrogens is 1. The maximum Gasteiger partial charge on any atom is 0.127 e. The van der Waals surface area contributed by atoms with Gasteiger partial charge in [-0.2, -0.15) is 0 Å². The standard InChI is InChI=1S/C16H20N2O2S/c1-3-17-14-9-20-15-8-12(4-5-13(14)15)19-7-6-16-11(2)18-10-21-16/h4-5,8,10,14,17H,3,6-7,9H2,1-2H3. The first-order valence-electron chi connectivity index (χ1n) is 7.30. The van der Waals surface area contributed by atoms with Crippen LogP contribution in [0.15, 0.2) is 23.7 Å². The predicted molar refractivity (Wildman–Crippen MR) is 84.4 cm³/mol. The Balaban J connectivity index is 1.59. The van der Waals surface area contributed by atoms with E-state index in [1.807, 2.05) is 24.6 Å². The van der Waals surface area contributed by atoms with Gasteiger partial charge >= 0.3 is 0 Å². The lowest BCUT2D eigenvalue weighted by Gasteiger charge is -2.10. The Bertz CT molecular complexity index is 612. The lowest BCUT2D eigenvalue weighted by Crippen LogP contribution is -2.21. The zero-order valence-electron chi connectivity index (χ0n) is 12.4. The highest BCUT2D eigenvalue weighted by Crippen LogP contribution is 2.35. The highest BCUT2D eigenvalue weighted by molar-refractivity contribution is 7.09. The fourth-order valence-electron chi connectivity index (χ4n) is 2.52.